The Morgan fingerprint density at radius 3 is 2.88 bits per heavy atom. The number of nitrogens with one attached hydrogen (secondary N) is 1. The molecular weight excluding hydrogens is 198 g/mol. The van der Waals surface area contributed by atoms with Crippen molar-refractivity contribution in [2.45, 2.75) is 38.0 Å². The Bertz CT molecular complexity index is 495. The van der Waals surface area contributed by atoms with Gasteiger partial charge < -0.3 is 10.7 Å². The van der Waals surface area contributed by atoms with Gasteiger partial charge in [0.15, 0.2) is 0 Å². The van der Waals surface area contributed by atoms with Crippen LogP contribution in [0, 0.1) is 0 Å². The predicted molar refractivity (Wildman–Crippen MR) is 66.3 cm³/mol. The monoisotopic (exact) mass is 215 g/mol. The minimum absolute atomic E-state index is 0.694. The third kappa shape index (κ3) is 1.56. The summed E-state index contributed by atoms with van der Waals surface area (Å²) >= 11 is 0. The van der Waals surface area contributed by atoms with Crippen molar-refractivity contribution < 1.29 is 0 Å². The Morgan fingerprint density at radius 1 is 1.25 bits per heavy atom. The zero-order chi connectivity index (χ0) is 11.0. The molecule has 0 spiro atoms. The summed E-state index contributed by atoms with van der Waals surface area (Å²) < 4.78 is 0. The van der Waals surface area contributed by atoms with Crippen molar-refractivity contribution >= 4 is 16.7 Å². The van der Waals surface area contributed by atoms with E-state index in [2.05, 4.69) is 16.0 Å². The molecule has 16 heavy (non-hydrogen) atoms. The summed E-state index contributed by atoms with van der Waals surface area (Å²) in [6.45, 7) is 0. The molecule has 2 aromatic heterocycles. The Labute approximate surface area is 95.1 Å². The van der Waals surface area contributed by atoms with Crippen LogP contribution in [0.1, 0.15) is 43.6 Å². The van der Waals surface area contributed by atoms with Crippen LogP contribution in [0.15, 0.2) is 18.5 Å². The van der Waals surface area contributed by atoms with Gasteiger partial charge in [-0.15, -0.1) is 0 Å². The first-order valence-electron chi connectivity index (χ1n) is 6.07. The number of aromatic nitrogens is 2. The van der Waals surface area contributed by atoms with Crippen molar-refractivity contribution in [2.75, 3.05) is 5.73 Å². The van der Waals surface area contributed by atoms with Gasteiger partial charge in [-0.05, 0) is 30.4 Å². The summed E-state index contributed by atoms with van der Waals surface area (Å²) in [6.07, 6.45) is 10.5. The lowest BCUT2D eigenvalue weighted by molar-refractivity contribution is 0.443. The Morgan fingerprint density at radius 2 is 2.06 bits per heavy atom. The molecule has 1 aliphatic rings. The van der Waals surface area contributed by atoms with E-state index >= 15 is 0 Å². The molecule has 1 fully saturated rings. The van der Waals surface area contributed by atoms with Crippen LogP contribution in [-0.2, 0) is 0 Å². The normalized spacial score (nSPS) is 18.0. The summed E-state index contributed by atoms with van der Waals surface area (Å²) in [5, 5.41) is 1.07. The minimum atomic E-state index is 0.694. The molecule has 2 heterocycles. The first kappa shape index (κ1) is 9.70. The van der Waals surface area contributed by atoms with Crippen LogP contribution >= 0.6 is 0 Å². The lowest BCUT2D eigenvalue weighted by Gasteiger charge is -2.21. The van der Waals surface area contributed by atoms with Crippen LogP contribution in [0.5, 0.6) is 0 Å². The SMILES string of the molecule is Nc1c[nH]c2ncc(C3CCCCC3)cc12. The van der Waals surface area contributed by atoms with Crippen molar-refractivity contribution in [1.29, 1.82) is 0 Å². The highest BCUT2D eigenvalue weighted by atomic mass is 14.9. The Hall–Kier alpha value is -1.51. The van der Waals surface area contributed by atoms with Crippen LogP contribution in [0.2, 0.25) is 0 Å². The fourth-order valence-electron chi connectivity index (χ4n) is 2.70. The molecule has 0 unspecified atom stereocenters. The van der Waals surface area contributed by atoms with Gasteiger partial charge in [-0.2, -0.15) is 0 Å². The molecule has 1 saturated carbocycles. The molecule has 0 amide bonds. The molecule has 3 nitrogen and oxygen atoms in total. The third-order valence-electron chi connectivity index (χ3n) is 3.66. The molecular formula is C13H17N3. The maximum Gasteiger partial charge on any atom is 0.139 e. The lowest BCUT2D eigenvalue weighted by atomic mass is 9.84. The smallest absolute Gasteiger partial charge is 0.139 e. The number of pyridine rings is 1. The zero-order valence-corrected chi connectivity index (χ0v) is 9.37. The van der Waals surface area contributed by atoms with E-state index in [4.69, 9.17) is 5.73 Å². The number of hydrogen-bond donors (Lipinski definition) is 2. The van der Waals surface area contributed by atoms with Crippen LogP contribution in [0.4, 0.5) is 5.69 Å². The number of nitrogens with two attached hydrogens (primary N) is 1. The van der Waals surface area contributed by atoms with Gasteiger partial charge >= 0.3 is 0 Å². The molecule has 0 aliphatic heterocycles. The largest absolute Gasteiger partial charge is 0.397 e. The number of H-pyrrole nitrogens is 1. The van der Waals surface area contributed by atoms with E-state index < -0.39 is 0 Å². The number of hydrogen-bond acceptors (Lipinski definition) is 2. The molecule has 0 aromatic carbocycles. The number of fused-ring (bicyclic) bond motifs is 1. The fraction of sp³-hybridized carbons (Fsp3) is 0.462. The molecule has 1 aliphatic carbocycles. The highest BCUT2D eigenvalue weighted by Crippen LogP contribution is 2.33. The molecule has 3 N–H and O–H groups in total. The summed E-state index contributed by atoms with van der Waals surface area (Å²) in [6, 6.07) is 2.21. The molecule has 3 rings (SSSR count). The van der Waals surface area contributed by atoms with Crippen LogP contribution in [0.25, 0.3) is 11.0 Å². The third-order valence-corrected chi connectivity index (χ3v) is 3.66. The van der Waals surface area contributed by atoms with E-state index in [-0.39, 0.29) is 0 Å². The summed E-state index contributed by atoms with van der Waals surface area (Å²) in [5.41, 5.74) is 8.97. The van der Waals surface area contributed by atoms with Crippen molar-refractivity contribution in [3.05, 3.63) is 24.0 Å². The topological polar surface area (TPSA) is 54.7 Å². The van der Waals surface area contributed by atoms with Crippen LogP contribution in [-0.4, -0.2) is 9.97 Å². The fourth-order valence-corrected chi connectivity index (χ4v) is 2.70. The molecule has 0 radical (unpaired) electrons. The van der Waals surface area contributed by atoms with Crippen LogP contribution < -0.4 is 5.73 Å². The minimum Gasteiger partial charge on any atom is -0.397 e. The molecule has 0 atom stereocenters. The maximum atomic E-state index is 5.90. The van der Waals surface area contributed by atoms with E-state index in [0.717, 1.165) is 16.7 Å². The van der Waals surface area contributed by atoms with E-state index in [1.165, 1.54) is 37.7 Å². The van der Waals surface area contributed by atoms with E-state index in [9.17, 15) is 0 Å². The van der Waals surface area contributed by atoms with Crippen molar-refractivity contribution in [3.63, 3.8) is 0 Å². The van der Waals surface area contributed by atoms with Gasteiger partial charge in [-0.1, -0.05) is 19.3 Å². The number of nitrogens with zero attached hydrogens (tertiary/aromatic N) is 1. The molecule has 3 heteroatoms. The van der Waals surface area contributed by atoms with Crippen molar-refractivity contribution in [1.82, 2.24) is 9.97 Å². The quantitative estimate of drug-likeness (QED) is 0.767. The summed E-state index contributed by atoms with van der Waals surface area (Å²) in [7, 11) is 0. The highest BCUT2D eigenvalue weighted by molar-refractivity contribution is 5.88. The zero-order valence-electron chi connectivity index (χ0n) is 9.37. The lowest BCUT2D eigenvalue weighted by Crippen LogP contribution is -2.04. The van der Waals surface area contributed by atoms with Gasteiger partial charge in [0.05, 0.1) is 5.69 Å². The summed E-state index contributed by atoms with van der Waals surface area (Å²) in [5.74, 6) is 0.694. The Kier molecular flexibility index (Phi) is 2.31. The van der Waals surface area contributed by atoms with E-state index in [0.29, 0.717) is 5.92 Å². The maximum absolute atomic E-state index is 5.90. The number of anilines is 1. The van der Waals surface area contributed by atoms with Gasteiger partial charge in [0.2, 0.25) is 0 Å². The van der Waals surface area contributed by atoms with Crippen LogP contribution in [0.3, 0.4) is 0 Å². The molecule has 0 bridgehead atoms. The van der Waals surface area contributed by atoms with Gasteiger partial charge in [0.1, 0.15) is 5.65 Å². The van der Waals surface area contributed by atoms with E-state index in [1.54, 1.807) is 0 Å². The van der Waals surface area contributed by atoms with Gasteiger partial charge in [-0.25, -0.2) is 4.98 Å². The first-order chi connectivity index (χ1) is 7.84. The number of rotatable bonds is 1. The second kappa shape index (κ2) is 3.81. The van der Waals surface area contributed by atoms with Gasteiger partial charge in [0.25, 0.3) is 0 Å². The van der Waals surface area contributed by atoms with Gasteiger partial charge in [-0.3, -0.25) is 0 Å². The van der Waals surface area contributed by atoms with Crippen molar-refractivity contribution in [2.24, 2.45) is 0 Å². The number of nitrogen functional groups attached to an aromatic ring is 1. The second-order valence-corrected chi connectivity index (χ2v) is 4.74. The molecule has 0 saturated heterocycles. The van der Waals surface area contributed by atoms with Gasteiger partial charge in [0, 0.05) is 17.8 Å². The first-order valence-corrected chi connectivity index (χ1v) is 6.07. The molecule has 2 aromatic rings. The predicted octanol–water partition coefficient (Wildman–Crippen LogP) is 3.19. The van der Waals surface area contributed by atoms with Crippen molar-refractivity contribution in [3.8, 4) is 0 Å². The standard InChI is InChI=1S/C13H17N3/c14-12-8-16-13-11(12)6-10(7-15-13)9-4-2-1-3-5-9/h6-9H,1-5,14H2,(H,15,16). The molecule has 84 valence electrons. The summed E-state index contributed by atoms with van der Waals surface area (Å²) in [4.78, 5) is 7.52. The highest BCUT2D eigenvalue weighted by Gasteiger charge is 2.16. The average Bonchev–Trinajstić information content (AvgIpc) is 2.72. The number of aromatic amines is 1. The second-order valence-electron chi connectivity index (χ2n) is 4.74. The Balaban J connectivity index is 1.99. The van der Waals surface area contributed by atoms with E-state index in [1.807, 2.05) is 12.4 Å². The average molecular weight is 215 g/mol.